The molecule has 0 amide bonds. The molecule has 120 valence electrons. The molecule has 1 N–H and O–H groups in total. The Kier molecular flexibility index (Phi) is 6.54. The van der Waals surface area contributed by atoms with Crippen molar-refractivity contribution in [3.05, 3.63) is 47.6 Å². The number of rotatable bonds is 7. The van der Waals surface area contributed by atoms with Gasteiger partial charge in [-0.25, -0.2) is 0 Å². The summed E-state index contributed by atoms with van der Waals surface area (Å²) in [5.74, 6) is -1.85. The van der Waals surface area contributed by atoms with Crippen molar-refractivity contribution < 1.29 is 14.7 Å². The second-order valence-electron chi connectivity index (χ2n) is 6.23. The summed E-state index contributed by atoms with van der Waals surface area (Å²) in [5, 5.41) is 9.42. The summed E-state index contributed by atoms with van der Waals surface area (Å²) in [6, 6.07) is 0. The predicted octanol–water partition coefficient (Wildman–Crippen LogP) is 4.47. The summed E-state index contributed by atoms with van der Waals surface area (Å²) in [6.07, 6.45) is 13.3. The van der Waals surface area contributed by atoms with Gasteiger partial charge < -0.3 is 5.11 Å². The van der Waals surface area contributed by atoms with Crippen molar-refractivity contribution in [2.24, 2.45) is 11.3 Å². The summed E-state index contributed by atoms with van der Waals surface area (Å²) >= 11 is 0. The van der Waals surface area contributed by atoms with Crippen molar-refractivity contribution in [1.29, 1.82) is 0 Å². The molecule has 1 rings (SSSR count). The maximum absolute atomic E-state index is 12.2. The van der Waals surface area contributed by atoms with Crippen LogP contribution in [-0.4, -0.2) is 16.9 Å². The molecule has 0 bridgehead atoms. The van der Waals surface area contributed by atoms with Gasteiger partial charge in [-0.2, -0.15) is 0 Å². The van der Waals surface area contributed by atoms with Crippen LogP contribution in [0.4, 0.5) is 0 Å². The number of Topliss-reactive ketones (excluding diaryl/α,β-unsaturated/α-hetero) is 1. The molecular weight excluding hydrogens is 276 g/mol. The highest BCUT2D eigenvalue weighted by atomic mass is 16.4. The number of carbonyl (C=O) groups is 2. The van der Waals surface area contributed by atoms with Gasteiger partial charge >= 0.3 is 5.97 Å². The molecule has 2 unspecified atom stereocenters. The van der Waals surface area contributed by atoms with E-state index >= 15 is 0 Å². The van der Waals surface area contributed by atoms with E-state index in [4.69, 9.17) is 0 Å². The Labute approximate surface area is 133 Å². The van der Waals surface area contributed by atoms with Crippen molar-refractivity contribution in [3.8, 4) is 0 Å². The van der Waals surface area contributed by atoms with Gasteiger partial charge in [-0.1, -0.05) is 47.6 Å². The molecule has 0 aromatic carbocycles. The molecule has 3 nitrogen and oxygen atoms in total. The van der Waals surface area contributed by atoms with Crippen LogP contribution in [0.25, 0.3) is 0 Å². The summed E-state index contributed by atoms with van der Waals surface area (Å²) in [4.78, 5) is 23.7. The number of allylic oxidation sites excluding steroid dienone is 7. The zero-order chi connectivity index (χ0) is 16.8. The van der Waals surface area contributed by atoms with Crippen LogP contribution in [0.15, 0.2) is 47.6 Å². The molecule has 1 aliphatic carbocycles. The highest BCUT2D eigenvalue weighted by Crippen LogP contribution is 2.39. The Bertz CT molecular complexity index is 545. The fourth-order valence-electron chi connectivity index (χ4n) is 2.69. The zero-order valence-corrected chi connectivity index (χ0v) is 13.9. The van der Waals surface area contributed by atoms with Crippen molar-refractivity contribution >= 4 is 11.8 Å². The fourth-order valence-corrected chi connectivity index (χ4v) is 2.69. The number of hydrogen-bond acceptors (Lipinski definition) is 2. The van der Waals surface area contributed by atoms with Gasteiger partial charge in [0.15, 0.2) is 0 Å². The Morgan fingerprint density at radius 2 is 1.82 bits per heavy atom. The van der Waals surface area contributed by atoms with E-state index in [9.17, 15) is 14.7 Å². The molecule has 0 saturated heterocycles. The van der Waals surface area contributed by atoms with Crippen molar-refractivity contribution in [1.82, 2.24) is 0 Å². The minimum atomic E-state index is -0.960. The first-order valence-corrected chi connectivity index (χ1v) is 7.68. The molecule has 0 spiro atoms. The number of ketones is 1. The molecule has 1 aliphatic rings. The monoisotopic (exact) mass is 302 g/mol. The smallest absolute Gasteiger partial charge is 0.311 e. The fraction of sp³-hybridized carbons (Fsp3) is 0.474. The Morgan fingerprint density at radius 1 is 1.14 bits per heavy atom. The standard InChI is InChI=1S/C19H26O3/c1-14(2)8-7-9-15(3)11-13-19(16(4)20)12-6-5-10-17(19)18(21)22/h5-6,8,10-12,17H,7,9,13H2,1-4H3,(H,21,22)/b15-11+. The van der Waals surface area contributed by atoms with Gasteiger partial charge in [-0.15, -0.1) is 0 Å². The Hall–Kier alpha value is -1.90. The lowest BCUT2D eigenvalue weighted by Crippen LogP contribution is -2.39. The minimum absolute atomic E-state index is 0.103. The lowest BCUT2D eigenvalue weighted by Gasteiger charge is -2.33. The predicted molar refractivity (Wildman–Crippen MR) is 89.6 cm³/mol. The third-order valence-corrected chi connectivity index (χ3v) is 4.16. The first-order chi connectivity index (χ1) is 10.3. The molecule has 0 aromatic heterocycles. The lowest BCUT2D eigenvalue weighted by molar-refractivity contribution is -0.147. The second kappa shape index (κ2) is 7.92. The Balaban J connectivity index is 2.90. The molecule has 3 heteroatoms. The van der Waals surface area contributed by atoms with Crippen molar-refractivity contribution in [3.63, 3.8) is 0 Å². The van der Waals surface area contributed by atoms with Crippen LogP contribution in [0.3, 0.4) is 0 Å². The van der Waals surface area contributed by atoms with Crippen LogP contribution in [0.5, 0.6) is 0 Å². The van der Waals surface area contributed by atoms with Crippen LogP contribution in [0, 0.1) is 11.3 Å². The quantitative estimate of drug-likeness (QED) is 0.706. The van der Waals surface area contributed by atoms with Gasteiger partial charge in [0.1, 0.15) is 5.78 Å². The molecule has 2 atom stereocenters. The summed E-state index contributed by atoms with van der Waals surface area (Å²) in [5.41, 5.74) is 1.52. The van der Waals surface area contributed by atoms with Gasteiger partial charge in [-0.3, -0.25) is 9.59 Å². The molecule has 0 radical (unpaired) electrons. The van der Waals surface area contributed by atoms with Crippen LogP contribution in [0.1, 0.15) is 47.0 Å². The number of carboxylic acid groups (broad SMARTS) is 1. The summed E-state index contributed by atoms with van der Waals surface area (Å²) in [7, 11) is 0. The highest BCUT2D eigenvalue weighted by molar-refractivity contribution is 5.91. The average Bonchev–Trinajstić information content (AvgIpc) is 2.44. The molecule has 0 heterocycles. The van der Waals surface area contributed by atoms with Crippen LogP contribution < -0.4 is 0 Å². The van der Waals surface area contributed by atoms with E-state index in [0.29, 0.717) is 6.42 Å². The van der Waals surface area contributed by atoms with Crippen LogP contribution >= 0.6 is 0 Å². The molecular formula is C19H26O3. The Morgan fingerprint density at radius 3 is 2.36 bits per heavy atom. The molecule has 0 aromatic rings. The third kappa shape index (κ3) is 4.55. The highest BCUT2D eigenvalue weighted by Gasteiger charge is 2.43. The average molecular weight is 302 g/mol. The summed E-state index contributed by atoms with van der Waals surface area (Å²) in [6.45, 7) is 7.65. The van der Waals surface area contributed by atoms with Gasteiger partial charge in [0.2, 0.25) is 0 Å². The topological polar surface area (TPSA) is 54.4 Å². The SMILES string of the molecule is CC(=O)C1(C/C=C(\C)CCC=C(C)C)C=CC=CC1C(=O)O. The number of carboxylic acids is 1. The van der Waals surface area contributed by atoms with E-state index in [2.05, 4.69) is 19.9 Å². The van der Waals surface area contributed by atoms with E-state index in [1.165, 1.54) is 18.1 Å². The van der Waals surface area contributed by atoms with Crippen LogP contribution in [-0.2, 0) is 9.59 Å². The van der Waals surface area contributed by atoms with Gasteiger partial charge in [0, 0.05) is 0 Å². The number of hydrogen-bond donors (Lipinski definition) is 1. The lowest BCUT2D eigenvalue weighted by atomic mass is 9.67. The van der Waals surface area contributed by atoms with E-state index in [-0.39, 0.29) is 5.78 Å². The van der Waals surface area contributed by atoms with E-state index < -0.39 is 17.3 Å². The van der Waals surface area contributed by atoms with Gasteiger partial charge in [-0.05, 0) is 47.0 Å². The van der Waals surface area contributed by atoms with E-state index in [1.54, 1.807) is 24.3 Å². The zero-order valence-electron chi connectivity index (χ0n) is 13.9. The second-order valence-corrected chi connectivity index (χ2v) is 6.23. The number of aliphatic carboxylic acids is 1. The minimum Gasteiger partial charge on any atom is -0.481 e. The molecule has 0 saturated carbocycles. The van der Waals surface area contributed by atoms with Gasteiger partial charge in [0.05, 0.1) is 11.3 Å². The maximum Gasteiger partial charge on any atom is 0.311 e. The molecule has 0 fully saturated rings. The molecule has 0 aliphatic heterocycles. The van der Waals surface area contributed by atoms with E-state index in [0.717, 1.165) is 12.8 Å². The summed E-state index contributed by atoms with van der Waals surface area (Å²) < 4.78 is 0. The van der Waals surface area contributed by atoms with Crippen LogP contribution in [0.2, 0.25) is 0 Å². The van der Waals surface area contributed by atoms with Crippen molar-refractivity contribution in [2.45, 2.75) is 47.0 Å². The maximum atomic E-state index is 12.2. The first kappa shape index (κ1) is 18.1. The van der Waals surface area contributed by atoms with E-state index in [1.807, 2.05) is 13.0 Å². The number of carbonyl (C=O) groups excluding carboxylic acids is 1. The largest absolute Gasteiger partial charge is 0.481 e. The first-order valence-electron chi connectivity index (χ1n) is 7.68. The molecule has 22 heavy (non-hydrogen) atoms. The third-order valence-electron chi connectivity index (χ3n) is 4.16. The van der Waals surface area contributed by atoms with Crippen molar-refractivity contribution in [2.75, 3.05) is 0 Å². The normalized spacial score (nSPS) is 24.2. The van der Waals surface area contributed by atoms with Gasteiger partial charge in [0.25, 0.3) is 0 Å².